The van der Waals surface area contributed by atoms with Crippen LogP contribution in [0.4, 0.5) is 4.79 Å². The van der Waals surface area contributed by atoms with E-state index < -0.39 is 23.9 Å². The fourth-order valence-electron chi connectivity index (χ4n) is 3.86. The summed E-state index contributed by atoms with van der Waals surface area (Å²) < 4.78 is 5.35. The SMILES string of the molecule is CC(C(=O)NC1CCN(C(=O)Oc2ccccc2)CC1)N1C(=O)c2ccccc2C1=O. The van der Waals surface area contributed by atoms with Crippen molar-refractivity contribution in [3.8, 4) is 5.75 Å². The molecule has 1 atom stereocenters. The van der Waals surface area contributed by atoms with Crippen LogP contribution < -0.4 is 10.1 Å². The third-order valence-electron chi connectivity index (χ3n) is 5.64. The van der Waals surface area contributed by atoms with E-state index in [1.54, 1.807) is 60.4 Å². The van der Waals surface area contributed by atoms with Crippen LogP contribution in [0.5, 0.6) is 5.75 Å². The fourth-order valence-corrected chi connectivity index (χ4v) is 3.86. The van der Waals surface area contributed by atoms with Gasteiger partial charge in [-0.25, -0.2) is 4.79 Å². The second kappa shape index (κ2) is 8.59. The number of piperidine rings is 1. The number of likely N-dealkylation sites (tertiary alicyclic amines) is 1. The Morgan fingerprint density at radius 1 is 0.935 bits per heavy atom. The lowest BCUT2D eigenvalue weighted by Crippen LogP contribution is -2.53. The van der Waals surface area contributed by atoms with Crippen molar-refractivity contribution in [2.75, 3.05) is 13.1 Å². The lowest BCUT2D eigenvalue weighted by molar-refractivity contribution is -0.125. The fraction of sp³-hybridized carbons (Fsp3) is 0.304. The van der Waals surface area contributed by atoms with Crippen molar-refractivity contribution in [2.24, 2.45) is 0 Å². The van der Waals surface area contributed by atoms with Crippen LogP contribution in [0.3, 0.4) is 0 Å². The minimum atomic E-state index is -0.923. The van der Waals surface area contributed by atoms with Crippen LogP contribution in [-0.2, 0) is 4.79 Å². The van der Waals surface area contributed by atoms with E-state index in [4.69, 9.17) is 4.74 Å². The van der Waals surface area contributed by atoms with Crippen molar-refractivity contribution in [3.05, 3.63) is 65.7 Å². The molecule has 1 unspecified atom stereocenters. The van der Waals surface area contributed by atoms with Crippen molar-refractivity contribution in [3.63, 3.8) is 0 Å². The predicted molar refractivity (Wildman–Crippen MR) is 112 cm³/mol. The van der Waals surface area contributed by atoms with Gasteiger partial charge in [-0.05, 0) is 44.0 Å². The Labute approximate surface area is 179 Å². The van der Waals surface area contributed by atoms with Crippen molar-refractivity contribution < 1.29 is 23.9 Å². The monoisotopic (exact) mass is 421 g/mol. The van der Waals surface area contributed by atoms with E-state index in [0.29, 0.717) is 42.8 Å². The van der Waals surface area contributed by atoms with E-state index in [1.165, 1.54) is 0 Å². The van der Waals surface area contributed by atoms with Gasteiger partial charge in [-0.3, -0.25) is 19.3 Å². The zero-order chi connectivity index (χ0) is 22.0. The summed E-state index contributed by atoms with van der Waals surface area (Å²) in [5.74, 6) is -0.819. The second-order valence-corrected chi connectivity index (χ2v) is 7.65. The third-order valence-corrected chi connectivity index (χ3v) is 5.64. The van der Waals surface area contributed by atoms with Gasteiger partial charge in [-0.15, -0.1) is 0 Å². The maximum absolute atomic E-state index is 12.7. The zero-order valence-corrected chi connectivity index (χ0v) is 17.1. The molecule has 0 spiro atoms. The molecular weight excluding hydrogens is 398 g/mol. The van der Waals surface area contributed by atoms with E-state index in [1.807, 2.05) is 6.07 Å². The Bertz CT molecular complexity index is 980. The smallest absolute Gasteiger partial charge is 0.410 e. The summed E-state index contributed by atoms with van der Waals surface area (Å²) in [7, 11) is 0. The second-order valence-electron chi connectivity index (χ2n) is 7.65. The van der Waals surface area contributed by atoms with E-state index in [9.17, 15) is 19.2 Å². The Hall–Kier alpha value is -3.68. The summed E-state index contributed by atoms with van der Waals surface area (Å²) in [6.07, 6.45) is 0.699. The summed E-state index contributed by atoms with van der Waals surface area (Å²) in [5, 5.41) is 2.91. The topological polar surface area (TPSA) is 96.0 Å². The number of rotatable bonds is 4. The largest absolute Gasteiger partial charge is 0.415 e. The van der Waals surface area contributed by atoms with Gasteiger partial charge < -0.3 is 15.0 Å². The number of hydrogen-bond donors (Lipinski definition) is 1. The van der Waals surface area contributed by atoms with E-state index >= 15 is 0 Å². The molecule has 4 amide bonds. The molecular formula is C23H23N3O5. The van der Waals surface area contributed by atoms with E-state index in [0.717, 1.165) is 4.90 Å². The highest BCUT2D eigenvalue weighted by Crippen LogP contribution is 2.24. The molecule has 160 valence electrons. The molecule has 2 aliphatic heterocycles. The van der Waals surface area contributed by atoms with Gasteiger partial charge >= 0.3 is 6.09 Å². The van der Waals surface area contributed by atoms with Gasteiger partial charge in [0.25, 0.3) is 11.8 Å². The van der Waals surface area contributed by atoms with Crippen molar-refractivity contribution in [1.82, 2.24) is 15.1 Å². The predicted octanol–water partition coefficient (Wildman–Crippen LogP) is 2.45. The number of ether oxygens (including phenoxy) is 1. The molecule has 1 saturated heterocycles. The minimum absolute atomic E-state index is 0.147. The summed E-state index contributed by atoms with van der Waals surface area (Å²) in [5.41, 5.74) is 0.634. The maximum Gasteiger partial charge on any atom is 0.415 e. The molecule has 0 aromatic heterocycles. The lowest BCUT2D eigenvalue weighted by Gasteiger charge is -2.32. The molecule has 2 heterocycles. The number of para-hydroxylation sites is 1. The third kappa shape index (κ3) is 4.14. The molecule has 0 bridgehead atoms. The first kappa shape index (κ1) is 20.6. The summed E-state index contributed by atoms with van der Waals surface area (Å²) in [6, 6.07) is 14.3. The van der Waals surface area contributed by atoms with Crippen LogP contribution in [-0.4, -0.2) is 58.8 Å². The number of fused-ring (bicyclic) bond motifs is 1. The van der Waals surface area contributed by atoms with Gasteiger partial charge in [0.1, 0.15) is 11.8 Å². The van der Waals surface area contributed by atoms with Gasteiger partial charge in [0.2, 0.25) is 5.91 Å². The number of nitrogens with one attached hydrogen (secondary N) is 1. The highest BCUT2D eigenvalue weighted by molar-refractivity contribution is 6.22. The number of carbonyl (C=O) groups excluding carboxylic acids is 4. The Kier molecular flexibility index (Phi) is 5.70. The number of benzene rings is 2. The molecule has 0 saturated carbocycles. The van der Waals surface area contributed by atoms with Crippen LogP contribution in [0.1, 0.15) is 40.5 Å². The number of amides is 4. The molecule has 31 heavy (non-hydrogen) atoms. The first-order valence-electron chi connectivity index (χ1n) is 10.2. The molecule has 8 nitrogen and oxygen atoms in total. The molecule has 2 aliphatic rings. The van der Waals surface area contributed by atoms with Gasteiger partial charge in [-0.1, -0.05) is 30.3 Å². The van der Waals surface area contributed by atoms with Crippen LogP contribution in [0.2, 0.25) is 0 Å². The molecule has 1 N–H and O–H groups in total. The molecule has 0 aliphatic carbocycles. The number of nitrogens with zero attached hydrogens (tertiary/aromatic N) is 2. The first-order chi connectivity index (χ1) is 15.0. The molecule has 8 heteroatoms. The van der Waals surface area contributed by atoms with Crippen molar-refractivity contribution >= 4 is 23.8 Å². The Morgan fingerprint density at radius 2 is 1.48 bits per heavy atom. The van der Waals surface area contributed by atoms with Crippen LogP contribution in [0.25, 0.3) is 0 Å². The number of imide groups is 1. The van der Waals surface area contributed by atoms with Gasteiger partial charge in [0.15, 0.2) is 0 Å². The Balaban J connectivity index is 1.30. The molecule has 2 aromatic rings. The van der Waals surface area contributed by atoms with Gasteiger partial charge in [0, 0.05) is 19.1 Å². The van der Waals surface area contributed by atoms with E-state index in [-0.39, 0.29) is 11.9 Å². The molecule has 4 rings (SSSR count). The average molecular weight is 421 g/mol. The number of hydrogen-bond acceptors (Lipinski definition) is 5. The van der Waals surface area contributed by atoms with Crippen molar-refractivity contribution in [2.45, 2.75) is 31.8 Å². The summed E-state index contributed by atoms with van der Waals surface area (Å²) >= 11 is 0. The normalized spacial score (nSPS) is 17.3. The van der Waals surface area contributed by atoms with Gasteiger partial charge in [0.05, 0.1) is 11.1 Å². The Morgan fingerprint density at radius 3 is 2.06 bits per heavy atom. The van der Waals surface area contributed by atoms with Crippen molar-refractivity contribution in [1.29, 1.82) is 0 Å². The zero-order valence-electron chi connectivity index (χ0n) is 17.1. The molecule has 1 fully saturated rings. The maximum atomic E-state index is 12.7. The summed E-state index contributed by atoms with van der Waals surface area (Å²) in [6.45, 7) is 2.43. The lowest BCUT2D eigenvalue weighted by atomic mass is 10.0. The quantitative estimate of drug-likeness (QED) is 0.765. The standard InChI is InChI=1S/C23H23N3O5/c1-15(26-21(28)18-9-5-6-10-19(18)22(26)29)20(27)24-16-11-13-25(14-12-16)23(30)31-17-7-3-2-4-8-17/h2-10,15-16H,11-14H2,1H3,(H,24,27). The van der Waals surface area contributed by atoms with Crippen LogP contribution in [0, 0.1) is 0 Å². The van der Waals surface area contributed by atoms with Crippen LogP contribution >= 0.6 is 0 Å². The van der Waals surface area contributed by atoms with Crippen LogP contribution in [0.15, 0.2) is 54.6 Å². The van der Waals surface area contributed by atoms with E-state index in [2.05, 4.69) is 5.32 Å². The molecule has 2 aromatic carbocycles. The minimum Gasteiger partial charge on any atom is -0.410 e. The first-order valence-corrected chi connectivity index (χ1v) is 10.2. The average Bonchev–Trinajstić information content (AvgIpc) is 3.04. The highest BCUT2D eigenvalue weighted by Gasteiger charge is 2.41. The number of carbonyl (C=O) groups is 4. The summed E-state index contributed by atoms with van der Waals surface area (Å²) in [4.78, 5) is 52.8. The highest BCUT2D eigenvalue weighted by atomic mass is 16.6. The molecule has 0 radical (unpaired) electrons. The van der Waals surface area contributed by atoms with Gasteiger partial charge in [-0.2, -0.15) is 0 Å².